The van der Waals surface area contributed by atoms with E-state index in [1.54, 1.807) is 32.0 Å². The number of sulfonamides is 1. The van der Waals surface area contributed by atoms with Crippen molar-refractivity contribution in [3.8, 4) is 0 Å². The van der Waals surface area contributed by atoms with Crippen LogP contribution in [0, 0.1) is 24.0 Å². The molecular formula is C16H16N2O6S. The number of nitro groups is 1. The molecule has 0 aliphatic rings. The highest BCUT2D eigenvalue weighted by Crippen LogP contribution is 2.30. The van der Waals surface area contributed by atoms with Crippen LogP contribution in [0.2, 0.25) is 0 Å². The van der Waals surface area contributed by atoms with Gasteiger partial charge in [0.2, 0.25) is 0 Å². The second-order valence-corrected chi connectivity index (χ2v) is 7.26. The lowest BCUT2D eigenvalue weighted by molar-refractivity contribution is -0.384. The first-order valence-electron chi connectivity index (χ1n) is 7.20. The predicted molar refractivity (Wildman–Crippen MR) is 91.2 cm³/mol. The molecule has 0 atom stereocenters. The van der Waals surface area contributed by atoms with E-state index in [1.165, 1.54) is 0 Å². The van der Waals surface area contributed by atoms with Gasteiger partial charge in [-0.05, 0) is 37.1 Å². The number of carbonyl (C=O) groups is 1. The van der Waals surface area contributed by atoms with Crippen molar-refractivity contribution in [1.29, 1.82) is 0 Å². The summed E-state index contributed by atoms with van der Waals surface area (Å²) in [5.74, 6) is -1.31. The van der Waals surface area contributed by atoms with Crippen LogP contribution in [0.5, 0.6) is 0 Å². The van der Waals surface area contributed by atoms with Crippen LogP contribution in [0.3, 0.4) is 0 Å². The molecule has 0 spiro atoms. The number of aryl methyl sites for hydroxylation is 2. The van der Waals surface area contributed by atoms with Crippen LogP contribution in [0.25, 0.3) is 0 Å². The molecule has 25 heavy (non-hydrogen) atoms. The molecule has 1 N–H and O–H groups in total. The van der Waals surface area contributed by atoms with Gasteiger partial charge < -0.3 is 5.11 Å². The smallest absolute Gasteiger partial charge is 0.324 e. The number of nitro benzene ring substituents is 1. The van der Waals surface area contributed by atoms with Gasteiger partial charge >= 0.3 is 5.97 Å². The van der Waals surface area contributed by atoms with Gasteiger partial charge in [0.15, 0.2) is 0 Å². The number of anilines is 1. The van der Waals surface area contributed by atoms with Crippen molar-refractivity contribution in [2.45, 2.75) is 18.7 Å². The zero-order valence-corrected chi connectivity index (χ0v) is 14.4. The fourth-order valence-electron chi connectivity index (χ4n) is 2.47. The lowest BCUT2D eigenvalue weighted by Crippen LogP contribution is -2.36. The molecule has 0 aliphatic carbocycles. The van der Waals surface area contributed by atoms with Gasteiger partial charge in [0.1, 0.15) is 6.54 Å². The third-order valence-corrected chi connectivity index (χ3v) is 5.36. The van der Waals surface area contributed by atoms with Crippen molar-refractivity contribution in [2.24, 2.45) is 0 Å². The van der Waals surface area contributed by atoms with Crippen LogP contribution < -0.4 is 4.31 Å². The van der Waals surface area contributed by atoms with Gasteiger partial charge in [-0.25, -0.2) is 8.42 Å². The highest BCUT2D eigenvalue weighted by Gasteiger charge is 2.29. The minimum absolute atomic E-state index is 0.220. The fourth-order valence-corrected chi connectivity index (χ4v) is 4.02. The second kappa shape index (κ2) is 6.89. The molecule has 8 nitrogen and oxygen atoms in total. The molecule has 0 heterocycles. The number of hydrogen-bond donors (Lipinski definition) is 1. The summed E-state index contributed by atoms with van der Waals surface area (Å²) in [6, 6.07) is 9.43. The Morgan fingerprint density at radius 2 is 1.64 bits per heavy atom. The van der Waals surface area contributed by atoms with Crippen LogP contribution in [0.1, 0.15) is 11.1 Å². The van der Waals surface area contributed by atoms with E-state index in [1.807, 2.05) is 0 Å². The lowest BCUT2D eigenvalue weighted by Gasteiger charge is -2.26. The third kappa shape index (κ3) is 3.77. The van der Waals surface area contributed by atoms with Crippen LogP contribution in [-0.2, 0) is 14.8 Å². The number of non-ortho nitro benzene ring substituents is 1. The average Bonchev–Trinajstić information content (AvgIpc) is 2.53. The minimum Gasteiger partial charge on any atom is -0.480 e. The topological polar surface area (TPSA) is 118 Å². The molecule has 132 valence electrons. The predicted octanol–water partition coefficient (Wildman–Crippen LogP) is 2.49. The maximum absolute atomic E-state index is 12.9. The van der Waals surface area contributed by atoms with Crippen molar-refractivity contribution < 1.29 is 23.2 Å². The number of aliphatic carboxylic acids is 1. The molecule has 0 aromatic heterocycles. The van der Waals surface area contributed by atoms with Gasteiger partial charge in [-0.15, -0.1) is 0 Å². The standard InChI is InChI=1S/C16H16N2O6S/c1-11-4-3-5-12(2)16(11)17(10-15(19)20)25(23,24)14-8-6-13(7-9-14)18(21)22/h3-9H,10H2,1-2H3,(H,19,20). The Kier molecular flexibility index (Phi) is 5.07. The molecule has 2 rings (SSSR count). The summed E-state index contributed by atoms with van der Waals surface area (Å²) < 4.78 is 26.7. The van der Waals surface area contributed by atoms with E-state index < -0.39 is 27.5 Å². The number of carboxylic acid groups (broad SMARTS) is 1. The molecule has 2 aromatic rings. The molecule has 0 amide bonds. The van der Waals surface area contributed by atoms with Crippen molar-refractivity contribution in [2.75, 3.05) is 10.8 Å². The van der Waals surface area contributed by atoms with Crippen molar-refractivity contribution in [1.82, 2.24) is 0 Å². The summed E-state index contributed by atoms with van der Waals surface area (Å²) in [6.45, 7) is 2.61. The molecule has 2 aromatic carbocycles. The van der Waals surface area contributed by atoms with E-state index in [9.17, 15) is 23.3 Å². The zero-order valence-electron chi connectivity index (χ0n) is 13.5. The van der Waals surface area contributed by atoms with Crippen molar-refractivity contribution in [3.63, 3.8) is 0 Å². The number of carboxylic acids is 1. The van der Waals surface area contributed by atoms with Crippen LogP contribution in [-0.4, -0.2) is 31.0 Å². The molecule has 0 unspecified atom stereocenters. The first-order valence-corrected chi connectivity index (χ1v) is 8.64. The fraction of sp³-hybridized carbons (Fsp3) is 0.188. The number of rotatable bonds is 6. The molecular weight excluding hydrogens is 348 g/mol. The molecule has 0 saturated carbocycles. The Labute approximate surface area is 144 Å². The summed E-state index contributed by atoms with van der Waals surface area (Å²) in [7, 11) is -4.21. The number of hydrogen-bond acceptors (Lipinski definition) is 5. The van der Waals surface area contributed by atoms with Gasteiger partial charge in [-0.3, -0.25) is 19.2 Å². The summed E-state index contributed by atoms with van der Waals surface area (Å²) in [5.41, 5.74) is 1.23. The Morgan fingerprint density at radius 3 is 2.08 bits per heavy atom. The van der Waals surface area contributed by atoms with Crippen LogP contribution in [0.15, 0.2) is 47.4 Å². The highest BCUT2D eigenvalue weighted by molar-refractivity contribution is 7.92. The number of para-hydroxylation sites is 1. The Bertz CT molecular complexity index is 902. The third-order valence-electron chi connectivity index (χ3n) is 3.60. The van der Waals surface area contributed by atoms with Crippen molar-refractivity contribution >= 4 is 27.4 Å². The van der Waals surface area contributed by atoms with Gasteiger partial charge in [-0.1, -0.05) is 18.2 Å². The Morgan fingerprint density at radius 1 is 1.12 bits per heavy atom. The Balaban J connectivity index is 2.60. The van der Waals surface area contributed by atoms with E-state index in [0.717, 1.165) is 28.6 Å². The van der Waals surface area contributed by atoms with E-state index in [0.29, 0.717) is 11.1 Å². The van der Waals surface area contributed by atoms with Gasteiger partial charge in [0.25, 0.3) is 15.7 Å². The molecule has 0 radical (unpaired) electrons. The zero-order chi connectivity index (χ0) is 18.8. The first kappa shape index (κ1) is 18.4. The van der Waals surface area contributed by atoms with Crippen LogP contribution in [0.4, 0.5) is 11.4 Å². The monoisotopic (exact) mass is 364 g/mol. The lowest BCUT2D eigenvalue weighted by atomic mass is 10.1. The largest absolute Gasteiger partial charge is 0.480 e. The molecule has 0 saturated heterocycles. The van der Waals surface area contributed by atoms with Gasteiger partial charge in [0, 0.05) is 12.1 Å². The number of nitrogens with zero attached hydrogens (tertiary/aromatic N) is 2. The second-order valence-electron chi connectivity index (χ2n) is 5.40. The molecule has 0 fully saturated rings. The highest BCUT2D eigenvalue weighted by atomic mass is 32.2. The molecule has 9 heteroatoms. The SMILES string of the molecule is Cc1cccc(C)c1N(CC(=O)O)S(=O)(=O)c1ccc([N+](=O)[O-])cc1. The van der Waals surface area contributed by atoms with Gasteiger partial charge in [-0.2, -0.15) is 0 Å². The van der Waals surface area contributed by atoms with Gasteiger partial charge in [0.05, 0.1) is 15.5 Å². The molecule has 0 bridgehead atoms. The molecule has 0 aliphatic heterocycles. The van der Waals surface area contributed by atoms with E-state index in [2.05, 4.69) is 0 Å². The maximum Gasteiger partial charge on any atom is 0.324 e. The minimum atomic E-state index is -4.21. The Hall–Kier alpha value is -2.94. The summed E-state index contributed by atoms with van der Waals surface area (Å²) >= 11 is 0. The van der Waals surface area contributed by atoms with E-state index in [4.69, 9.17) is 5.11 Å². The quantitative estimate of drug-likeness (QED) is 0.621. The van der Waals surface area contributed by atoms with E-state index in [-0.39, 0.29) is 16.3 Å². The first-order chi connectivity index (χ1) is 11.6. The summed E-state index contributed by atoms with van der Waals surface area (Å²) in [4.78, 5) is 21.1. The maximum atomic E-state index is 12.9. The average molecular weight is 364 g/mol. The van der Waals surface area contributed by atoms with Crippen LogP contribution >= 0.6 is 0 Å². The normalized spacial score (nSPS) is 11.1. The van der Waals surface area contributed by atoms with Crippen molar-refractivity contribution in [3.05, 3.63) is 63.7 Å². The number of benzene rings is 2. The van der Waals surface area contributed by atoms with E-state index >= 15 is 0 Å². The summed E-state index contributed by atoms with van der Waals surface area (Å²) in [6.07, 6.45) is 0. The summed E-state index contributed by atoms with van der Waals surface area (Å²) in [5, 5.41) is 19.9.